The van der Waals surface area contributed by atoms with Crippen molar-refractivity contribution in [3.05, 3.63) is 29.6 Å². The van der Waals surface area contributed by atoms with Gasteiger partial charge in [0, 0.05) is 12.1 Å². The highest BCUT2D eigenvalue weighted by atomic mass is 32.1. The smallest absolute Gasteiger partial charge is 0.238 e. The Labute approximate surface area is 105 Å². The van der Waals surface area contributed by atoms with Gasteiger partial charge in [-0.25, -0.2) is 4.39 Å². The van der Waals surface area contributed by atoms with E-state index >= 15 is 0 Å². The number of rotatable bonds is 2. The Kier molecular flexibility index (Phi) is 4.84. The summed E-state index contributed by atoms with van der Waals surface area (Å²) in [6.45, 7) is 3.40. The number of anilines is 1. The van der Waals surface area contributed by atoms with E-state index < -0.39 is 0 Å². The Balaban J connectivity index is 2.50. The molecule has 0 aliphatic carbocycles. The molecule has 1 amide bonds. The largest absolute Gasteiger partial charge is 0.331 e. The average Bonchev–Trinajstić information content (AvgIpc) is 2.31. The topological polar surface area (TPSA) is 53.2 Å². The van der Waals surface area contributed by atoms with Gasteiger partial charge in [-0.3, -0.25) is 15.6 Å². The molecule has 6 heteroatoms. The van der Waals surface area contributed by atoms with Crippen molar-refractivity contribution in [2.24, 2.45) is 0 Å². The molecule has 1 rings (SSSR count). The minimum Gasteiger partial charge on any atom is -0.331 e. The summed E-state index contributed by atoms with van der Waals surface area (Å²) in [5, 5.41) is 2.96. The van der Waals surface area contributed by atoms with Crippen LogP contribution < -0.4 is 16.2 Å². The van der Waals surface area contributed by atoms with Crippen molar-refractivity contribution in [3.63, 3.8) is 0 Å². The van der Waals surface area contributed by atoms with Gasteiger partial charge < -0.3 is 5.32 Å². The zero-order chi connectivity index (χ0) is 12.8. The first-order chi connectivity index (χ1) is 8.02. The van der Waals surface area contributed by atoms with Gasteiger partial charge in [0.25, 0.3) is 0 Å². The fourth-order valence-electron chi connectivity index (χ4n) is 1.05. The van der Waals surface area contributed by atoms with Crippen LogP contribution in [0.5, 0.6) is 0 Å². The fraction of sp³-hybridized carbons (Fsp3) is 0.273. The van der Waals surface area contributed by atoms with Crippen LogP contribution in [0, 0.1) is 12.7 Å². The fourth-order valence-corrected chi connectivity index (χ4v) is 1.22. The van der Waals surface area contributed by atoms with Crippen molar-refractivity contribution in [3.8, 4) is 0 Å². The van der Waals surface area contributed by atoms with Crippen molar-refractivity contribution < 1.29 is 9.18 Å². The van der Waals surface area contributed by atoms with Gasteiger partial charge in [0.1, 0.15) is 5.82 Å². The van der Waals surface area contributed by atoms with Crippen LogP contribution in [0.4, 0.5) is 10.1 Å². The Morgan fingerprint density at radius 1 is 1.41 bits per heavy atom. The van der Waals surface area contributed by atoms with Crippen molar-refractivity contribution >= 4 is 28.9 Å². The van der Waals surface area contributed by atoms with E-state index in [1.165, 1.54) is 6.07 Å². The summed E-state index contributed by atoms with van der Waals surface area (Å²) in [5.74, 6) is -0.486. The Bertz CT molecular complexity index is 437. The van der Waals surface area contributed by atoms with Crippen molar-refractivity contribution in [2.45, 2.75) is 20.3 Å². The van der Waals surface area contributed by atoms with Gasteiger partial charge in [0.05, 0.1) is 0 Å². The summed E-state index contributed by atoms with van der Waals surface area (Å²) < 4.78 is 13.2. The number of hydrazine groups is 1. The summed E-state index contributed by atoms with van der Waals surface area (Å²) >= 11 is 4.92. The van der Waals surface area contributed by atoms with Gasteiger partial charge in [-0.15, -0.1) is 0 Å². The van der Waals surface area contributed by atoms with Crippen LogP contribution in [-0.2, 0) is 4.79 Å². The zero-order valence-electron chi connectivity index (χ0n) is 9.63. The standard InChI is InChI=1S/C11H14FN3OS/c1-3-10(16)14-15-11(17)13-8-5-4-7(2)9(12)6-8/h4-6H,3H2,1-2H3,(H,14,16)(H2,13,15,17). The lowest BCUT2D eigenvalue weighted by Gasteiger charge is -2.11. The minimum absolute atomic E-state index is 0.177. The van der Waals surface area contributed by atoms with Gasteiger partial charge in [0.15, 0.2) is 5.11 Å². The number of carbonyl (C=O) groups is 1. The van der Waals surface area contributed by atoms with E-state index in [4.69, 9.17) is 12.2 Å². The molecule has 4 nitrogen and oxygen atoms in total. The summed E-state index contributed by atoms with van der Waals surface area (Å²) in [5.41, 5.74) is 5.99. The molecular formula is C11H14FN3OS. The first kappa shape index (κ1) is 13.4. The van der Waals surface area contributed by atoms with Crippen LogP contribution in [0.1, 0.15) is 18.9 Å². The van der Waals surface area contributed by atoms with Crippen molar-refractivity contribution in [1.29, 1.82) is 0 Å². The molecule has 0 atom stereocenters. The number of aryl methyl sites for hydroxylation is 1. The molecule has 92 valence electrons. The third kappa shape index (κ3) is 4.36. The van der Waals surface area contributed by atoms with E-state index in [0.717, 1.165) is 0 Å². The lowest BCUT2D eigenvalue weighted by Crippen LogP contribution is -2.43. The van der Waals surface area contributed by atoms with Crippen LogP contribution in [-0.4, -0.2) is 11.0 Å². The molecule has 0 radical (unpaired) electrons. The molecule has 0 bridgehead atoms. The Hall–Kier alpha value is -1.69. The Morgan fingerprint density at radius 3 is 2.71 bits per heavy atom. The van der Waals surface area contributed by atoms with E-state index in [1.807, 2.05) is 0 Å². The van der Waals surface area contributed by atoms with Gasteiger partial charge in [-0.05, 0) is 36.8 Å². The zero-order valence-corrected chi connectivity index (χ0v) is 10.5. The molecule has 3 N–H and O–H groups in total. The molecule has 0 saturated heterocycles. The molecule has 0 unspecified atom stereocenters. The first-order valence-corrected chi connectivity index (χ1v) is 5.55. The molecule has 0 fully saturated rings. The van der Waals surface area contributed by atoms with Crippen LogP contribution in [0.3, 0.4) is 0 Å². The molecule has 0 aromatic heterocycles. The monoisotopic (exact) mass is 255 g/mol. The predicted molar refractivity (Wildman–Crippen MR) is 68.9 cm³/mol. The molecule has 0 spiro atoms. The molecule has 1 aromatic rings. The van der Waals surface area contributed by atoms with Gasteiger partial charge >= 0.3 is 0 Å². The average molecular weight is 255 g/mol. The number of thiocarbonyl (C=S) groups is 1. The van der Waals surface area contributed by atoms with E-state index in [2.05, 4.69) is 16.2 Å². The quantitative estimate of drug-likeness (QED) is 0.558. The number of benzene rings is 1. The third-order valence-corrected chi connectivity index (χ3v) is 2.27. The highest BCUT2D eigenvalue weighted by molar-refractivity contribution is 7.80. The maximum atomic E-state index is 13.2. The second-order valence-corrected chi connectivity index (χ2v) is 3.85. The molecule has 1 aromatic carbocycles. The van der Waals surface area contributed by atoms with Crippen LogP contribution >= 0.6 is 12.2 Å². The van der Waals surface area contributed by atoms with Gasteiger partial charge in [0.2, 0.25) is 5.91 Å². The minimum atomic E-state index is -0.310. The number of hydrogen-bond donors (Lipinski definition) is 3. The Morgan fingerprint density at radius 2 is 2.12 bits per heavy atom. The SMILES string of the molecule is CCC(=O)NNC(=S)Nc1ccc(C)c(F)c1. The van der Waals surface area contributed by atoms with Crippen LogP contribution in [0.2, 0.25) is 0 Å². The van der Waals surface area contributed by atoms with E-state index in [0.29, 0.717) is 17.7 Å². The highest BCUT2D eigenvalue weighted by Crippen LogP contribution is 2.13. The number of amides is 1. The maximum absolute atomic E-state index is 13.2. The summed E-state index contributed by atoms with van der Waals surface area (Å²) in [4.78, 5) is 10.9. The highest BCUT2D eigenvalue weighted by Gasteiger charge is 2.02. The molecule has 0 saturated carbocycles. The van der Waals surface area contributed by atoms with Gasteiger partial charge in [-0.2, -0.15) is 0 Å². The molecule has 0 aliphatic rings. The summed E-state index contributed by atoms with van der Waals surface area (Å²) in [6, 6.07) is 4.68. The number of carbonyl (C=O) groups excluding carboxylic acids is 1. The molecular weight excluding hydrogens is 241 g/mol. The molecule has 0 heterocycles. The van der Waals surface area contributed by atoms with E-state index in [-0.39, 0.29) is 16.8 Å². The second-order valence-electron chi connectivity index (χ2n) is 3.44. The van der Waals surface area contributed by atoms with Crippen LogP contribution in [0.25, 0.3) is 0 Å². The molecule has 0 aliphatic heterocycles. The lowest BCUT2D eigenvalue weighted by molar-refractivity contribution is -0.121. The number of nitrogens with one attached hydrogen (secondary N) is 3. The normalized spacial score (nSPS) is 9.59. The number of halogens is 1. The van der Waals surface area contributed by atoms with Crippen molar-refractivity contribution in [1.82, 2.24) is 10.9 Å². The van der Waals surface area contributed by atoms with Crippen LogP contribution in [0.15, 0.2) is 18.2 Å². The maximum Gasteiger partial charge on any atom is 0.238 e. The predicted octanol–water partition coefficient (Wildman–Crippen LogP) is 1.86. The summed E-state index contributed by atoms with van der Waals surface area (Å²) in [7, 11) is 0. The number of hydrogen-bond acceptors (Lipinski definition) is 2. The van der Waals surface area contributed by atoms with Gasteiger partial charge in [-0.1, -0.05) is 13.0 Å². The van der Waals surface area contributed by atoms with E-state index in [1.54, 1.807) is 26.0 Å². The summed E-state index contributed by atoms with van der Waals surface area (Å²) in [6.07, 6.45) is 0.356. The molecule has 17 heavy (non-hydrogen) atoms. The van der Waals surface area contributed by atoms with Crippen molar-refractivity contribution in [2.75, 3.05) is 5.32 Å². The lowest BCUT2D eigenvalue weighted by atomic mass is 10.2. The van der Waals surface area contributed by atoms with E-state index in [9.17, 15) is 9.18 Å². The first-order valence-electron chi connectivity index (χ1n) is 5.15. The second kappa shape index (κ2) is 6.15. The third-order valence-electron chi connectivity index (χ3n) is 2.07.